The van der Waals surface area contributed by atoms with Gasteiger partial charge in [-0.05, 0) is 24.7 Å². The molecule has 2 heteroatoms. The van der Waals surface area contributed by atoms with Gasteiger partial charge in [-0.25, -0.2) is 4.39 Å². The first-order chi connectivity index (χ1) is 4.61. The number of hydrogen-bond donors (Lipinski definition) is 1. The van der Waals surface area contributed by atoms with Gasteiger partial charge >= 0.3 is 0 Å². The zero-order chi connectivity index (χ0) is 7.72. The Morgan fingerprint density at radius 1 is 1.30 bits per heavy atom. The highest BCUT2D eigenvalue weighted by Gasteiger charge is 2.32. The molecule has 0 bridgehead atoms. The van der Waals surface area contributed by atoms with Gasteiger partial charge in [-0.2, -0.15) is 0 Å². The lowest BCUT2D eigenvalue weighted by Crippen LogP contribution is -2.36. The zero-order valence-electron chi connectivity index (χ0n) is 6.55. The average Bonchev–Trinajstić information content (AvgIpc) is 1.82. The summed E-state index contributed by atoms with van der Waals surface area (Å²) in [5.41, 5.74) is 0. The molecule has 0 aliphatic heterocycles. The minimum absolute atomic E-state index is 0.138. The van der Waals surface area contributed by atoms with Crippen LogP contribution in [0.5, 0.6) is 0 Å². The quantitative estimate of drug-likeness (QED) is 0.552. The summed E-state index contributed by atoms with van der Waals surface area (Å²) in [6, 6.07) is 0. The highest BCUT2D eigenvalue weighted by Crippen LogP contribution is 2.30. The van der Waals surface area contributed by atoms with Gasteiger partial charge in [-0.15, -0.1) is 0 Å². The Labute approximate surface area is 61.2 Å². The molecule has 60 valence electrons. The molecule has 4 atom stereocenters. The van der Waals surface area contributed by atoms with Crippen molar-refractivity contribution in [3.05, 3.63) is 0 Å². The first-order valence-corrected chi connectivity index (χ1v) is 3.93. The molecule has 0 aromatic carbocycles. The fourth-order valence-electron chi connectivity index (χ4n) is 1.75. The molecule has 1 fully saturated rings. The second-order valence-electron chi connectivity index (χ2n) is 3.56. The Hall–Kier alpha value is -0.110. The summed E-state index contributed by atoms with van der Waals surface area (Å²) >= 11 is 0. The number of halogens is 1. The molecule has 1 aliphatic carbocycles. The molecule has 1 aliphatic rings. The van der Waals surface area contributed by atoms with Crippen LogP contribution in [-0.4, -0.2) is 17.4 Å². The van der Waals surface area contributed by atoms with E-state index >= 15 is 0 Å². The third kappa shape index (κ3) is 1.48. The van der Waals surface area contributed by atoms with Crippen molar-refractivity contribution >= 4 is 0 Å². The minimum atomic E-state index is -0.987. The van der Waals surface area contributed by atoms with Crippen molar-refractivity contribution in [3.63, 3.8) is 0 Å². The van der Waals surface area contributed by atoms with E-state index in [2.05, 4.69) is 0 Å². The van der Waals surface area contributed by atoms with Gasteiger partial charge in [0, 0.05) is 0 Å². The van der Waals surface area contributed by atoms with Crippen LogP contribution in [0.25, 0.3) is 0 Å². The predicted molar refractivity (Wildman–Crippen MR) is 38.5 cm³/mol. The molecule has 1 nitrogen and oxygen atoms in total. The molecule has 0 heterocycles. The van der Waals surface area contributed by atoms with Crippen LogP contribution in [0.4, 0.5) is 4.39 Å². The fraction of sp³-hybridized carbons (Fsp3) is 1.00. The van der Waals surface area contributed by atoms with Gasteiger partial charge in [0.1, 0.15) is 6.17 Å². The maximum absolute atomic E-state index is 12.8. The summed E-state index contributed by atoms with van der Waals surface area (Å²) in [6.45, 7) is 3.95. The van der Waals surface area contributed by atoms with E-state index in [1.165, 1.54) is 0 Å². The van der Waals surface area contributed by atoms with Crippen molar-refractivity contribution in [2.24, 2.45) is 11.8 Å². The highest BCUT2D eigenvalue weighted by molar-refractivity contribution is 4.82. The standard InChI is InChI=1S/C8H15FO/c1-5-3-6(2)8(10)7(9)4-5/h5-8,10H,3-4H2,1-2H3. The van der Waals surface area contributed by atoms with Crippen LogP contribution in [0.15, 0.2) is 0 Å². The van der Waals surface area contributed by atoms with Crippen LogP contribution in [0.2, 0.25) is 0 Å². The number of alkyl halides is 1. The Kier molecular flexibility index (Phi) is 2.29. The van der Waals surface area contributed by atoms with Crippen molar-refractivity contribution in [1.82, 2.24) is 0 Å². The molecule has 0 amide bonds. The molecule has 4 unspecified atom stereocenters. The number of aliphatic hydroxyl groups excluding tert-OH is 1. The van der Waals surface area contributed by atoms with Crippen LogP contribution in [-0.2, 0) is 0 Å². The second-order valence-corrected chi connectivity index (χ2v) is 3.56. The Morgan fingerprint density at radius 2 is 1.90 bits per heavy atom. The van der Waals surface area contributed by atoms with Gasteiger partial charge in [0.25, 0.3) is 0 Å². The first-order valence-electron chi connectivity index (χ1n) is 3.93. The maximum Gasteiger partial charge on any atom is 0.126 e. The molecule has 1 saturated carbocycles. The molecule has 1 N–H and O–H groups in total. The van der Waals surface area contributed by atoms with Gasteiger partial charge in [-0.1, -0.05) is 13.8 Å². The van der Waals surface area contributed by atoms with E-state index in [-0.39, 0.29) is 5.92 Å². The first kappa shape index (κ1) is 7.99. The Bertz CT molecular complexity index is 104. The van der Waals surface area contributed by atoms with E-state index in [0.717, 1.165) is 6.42 Å². The lowest BCUT2D eigenvalue weighted by molar-refractivity contribution is -0.0112. The topological polar surface area (TPSA) is 20.2 Å². The average molecular weight is 146 g/mol. The van der Waals surface area contributed by atoms with Crippen molar-refractivity contribution in [1.29, 1.82) is 0 Å². The van der Waals surface area contributed by atoms with Crippen LogP contribution >= 0.6 is 0 Å². The molecular formula is C8H15FO. The predicted octanol–water partition coefficient (Wildman–Crippen LogP) is 1.75. The lowest BCUT2D eigenvalue weighted by atomic mass is 9.80. The normalized spacial score (nSPS) is 49.2. The number of aliphatic hydroxyl groups is 1. The van der Waals surface area contributed by atoms with E-state index in [4.69, 9.17) is 0 Å². The summed E-state index contributed by atoms with van der Waals surface area (Å²) in [5, 5.41) is 9.19. The monoisotopic (exact) mass is 146 g/mol. The molecule has 0 aromatic heterocycles. The van der Waals surface area contributed by atoms with E-state index in [1.807, 2.05) is 13.8 Å². The third-order valence-electron chi connectivity index (χ3n) is 2.36. The van der Waals surface area contributed by atoms with E-state index in [1.54, 1.807) is 0 Å². The molecule has 0 spiro atoms. The van der Waals surface area contributed by atoms with Crippen LogP contribution in [0.1, 0.15) is 26.7 Å². The summed E-state index contributed by atoms with van der Waals surface area (Å²) in [4.78, 5) is 0. The molecule has 0 radical (unpaired) electrons. The van der Waals surface area contributed by atoms with Crippen molar-refractivity contribution in [3.8, 4) is 0 Å². The number of hydrogen-bond acceptors (Lipinski definition) is 1. The van der Waals surface area contributed by atoms with Crippen LogP contribution < -0.4 is 0 Å². The summed E-state index contributed by atoms with van der Waals surface area (Å²) < 4.78 is 12.8. The fourth-order valence-corrected chi connectivity index (χ4v) is 1.75. The van der Waals surface area contributed by atoms with Gasteiger partial charge in [-0.3, -0.25) is 0 Å². The SMILES string of the molecule is CC1CC(C)C(O)C(F)C1. The van der Waals surface area contributed by atoms with Crippen LogP contribution in [0, 0.1) is 11.8 Å². The summed E-state index contributed by atoms with van der Waals surface area (Å²) in [5.74, 6) is 0.576. The largest absolute Gasteiger partial charge is 0.390 e. The highest BCUT2D eigenvalue weighted by atomic mass is 19.1. The molecular weight excluding hydrogens is 131 g/mol. The molecule has 0 saturated heterocycles. The third-order valence-corrected chi connectivity index (χ3v) is 2.36. The smallest absolute Gasteiger partial charge is 0.126 e. The maximum atomic E-state index is 12.8. The summed E-state index contributed by atoms with van der Waals surface area (Å²) in [7, 11) is 0. The lowest BCUT2D eigenvalue weighted by Gasteiger charge is -2.31. The van der Waals surface area contributed by atoms with Crippen LogP contribution in [0.3, 0.4) is 0 Å². The van der Waals surface area contributed by atoms with Crippen molar-refractivity contribution in [2.75, 3.05) is 0 Å². The summed E-state index contributed by atoms with van der Waals surface area (Å²) in [6.07, 6.45) is -0.206. The Morgan fingerprint density at radius 3 is 2.40 bits per heavy atom. The van der Waals surface area contributed by atoms with Crippen molar-refractivity contribution in [2.45, 2.75) is 39.0 Å². The van der Waals surface area contributed by atoms with Gasteiger partial charge in [0.05, 0.1) is 6.10 Å². The van der Waals surface area contributed by atoms with Gasteiger partial charge in [0.15, 0.2) is 0 Å². The minimum Gasteiger partial charge on any atom is -0.390 e. The van der Waals surface area contributed by atoms with Gasteiger partial charge < -0.3 is 5.11 Å². The van der Waals surface area contributed by atoms with Crippen molar-refractivity contribution < 1.29 is 9.50 Å². The van der Waals surface area contributed by atoms with Gasteiger partial charge in [0.2, 0.25) is 0 Å². The Balaban J connectivity index is 2.49. The van der Waals surface area contributed by atoms with E-state index in [0.29, 0.717) is 12.3 Å². The van der Waals surface area contributed by atoms with E-state index in [9.17, 15) is 9.50 Å². The number of rotatable bonds is 0. The molecule has 0 aromatic rings. The second kappa shape index (κ2) is 2.87. The van der Waals surface area contributed by atoms with E-state index < -0.39 is 12.3 Å². The molecule has 1 rings (SSSR count). The molecule has 10 heavy (non-hydrogen) atoms. The zero-order valence-corrected chi connectivity index (χ0v) is 6.55.